The number of ether oxygens (including phenoxy) is 1. The molecule has 0 aliphatic rings. The van der Waals surface area contributed by atoms with Crippen molar-refractivity contribution in [1.29, 1.82) is 5.26 Å². The van der Waals surface area contributed by atoms with Crippen molar-refractivity contribution >= 4 is 39.4 Å². The Morgan fingerprint density at radius 3 is 2.43 bits per heavy atom. The second-order valence-electron chi connectivity index (χ2n) is 7.19. The number of rotatable bonds is 9. The SMILES string of the molecule is C=CCc1cc(/C=C(\C#N)C(=O)Nc2ccccc2)cc(OC)c1OS(=O)(=O)c1ccc(Cl)cc1. The standard InChI is InChI=1S/C26H21ClN2O5S/c1-3-7-19-14-18(15-20(17-28)26(30)29-22-8-5-4-6-9-22)16-24(33-2)25(19)34-35(31,32)23-12-10-21(27)11-13-23/h3-6,8-16H,1,7H2,2H3,(H,29,30)/b20-15+. The van der Waals surface area contributed by atoms with Crippen LogP contribution in [-0.2, 0) is 21.3 Å². The number of hydrogen-bond donors (Lipinski definition) is 1. The van der Waals surface area contributed by atoms with Crippen LogP contribution in [0.1, 0.15) is 11.1 Å². The Morgan fingerprint density at radius 1 is 1.14 bits per heavy atom. The zero-order valence-corrected chi connectivity index (χ0v) is 20.3. The van der Waals surface area contributed by atoms with Crippen LogP contribution in [0.2, 0.25) is 5.02 Å². The molecule has 0 fully saturated rings. The summed E-state index contributed by atoms with van der Waals surface area (Å²) in [4.78, 5) is 12.5. The average Bonchev–Trinajstić information content (AvgIpc) is 2.84. The van der Waals surface area contributed by atoms with E-state index in [2.05, 4.69) is 11.9 Å². The normalized spacial score (nSPS) is 11.3. The number of anilines is 1. The first-order chi connectivity index (χ1) is 16.8. The van der Waals surface area contributed by atoms with E-state index in [-0.39, 0.29) is 28.4 Å². The summed E-state index contributed by atoms with van der Waals surface area (Å²) in [5.41, 5.74) is 1.27. The maximum atomic E-state index is 12.9. The monoisotopic (exact) mass is 508 g/mol. The molecule has 0 saturated heterocycles. The van der Waals surface area contributed by atoms with Crippen LogP contribution >= 0.6 is 11.6 Å². The first-order valence-electron chi connectivity index (χ1n) is 10.3. The summed E-state index contributed by atoms with van der Waals surface area (Å²) in [6.07, 6.45) is 3.18. The summed E-state index contributed by atoms with van der Waals surface area (Å²) >= 11 is 5.85. The zero-order valence-electron chi connectivity index (χ0n) is 18.7. The molecular weight excluding hydrogens is 488 g/mol. The van der Waals surface area contributed by atoms with Gasteiger partial charge < -0.3 is 14.2 Å². The number of amides is 1. The smallest absolute Gasteiger partial charge is 0.339 e. The van der Waals surface area contributed by atoms with Crippen LogP contribution < -0.4 is 14.2 Å². The van der Waals surface area contributed by atoms with Gasteiger partial charge in [0.25, 0.3) is 5.91 Å². The number of nitrogens with one attached hydrogen (secondary N) is 1. The van der Waals surface area contributed by atoms with E-state index in [9.17, 15) is 18.5 Å². The van der Waals surface area contributed by atoms with E-state index in [0.717, 1.165) is 0 Å². The molecule has 0 saturated carbocycles. The topological polar surface area (TPSA) is 105 Å². The molecule has 1 N–H and O–H groups in total. The van der Waals surface area contributed by atoms with Gasteiger partial charge in [-0.3, -0.25) is 4.79 Å². The van der Waals surface area contributed by atoms with Crippen LogP contribution in [0.15, 0.2) is 89.9 Å². The van der Waals surface area contributed by atoms with Crippen molar-refractivity contribution < 1.29 is 22.1 Å². The fourth-order valence-electron chi connectivity index (χ4n) is 3.11. The molecule has 0 radical (unpaired) electrons. The molecule has 3 rings (SSSR count). The van der Waals surface area contributed by atoms with Gasteiger partial charge in [-0.25, -0.2) is 0 Å². The molecule has 9 heteroatoms. The van der Waals surface area contributed by atoms with Crippen molar-refractivity contribution in [3.05, 3.63) is 101 Å². The minimum atomic E-state index is -4.20. The van der Waals surface area contributed by atoms with E-state index in [0.29, 0.717) is 21.8 Å². The van der Waals surface area contributed by atoms with Gasteiger partial charge in [0.2, 0.25) is 0 Å². The van der Waals surface area contributed by atoms with E-state index in [1.165, 1.54) is 43.5 Å². The quantitative estimate of drug-likeness (QED) is 0.180. The lowest BCUT2D eigenvalue weighted by molar-refractivity contribution is -0.112. The molecule has 35 heavy (non-hydrogen) atoms. The van der Waals surface area contributed by atoms with E-state index < -0.39 is 16.0 Å². The molecule has 0 heterocycles. The van der Waals surface area contributed by atoms with Crippen LogP contribution in [0.3, 0.4) is 0 Å². The highest BCUT2D eigenvalue weighted by Crippen LogP contribution is 2.36. The molecule has 0 aliphatic carbocycles. The maximum absolute atomic E-state index is 12.9. The Balaban J connectivity index is 2.00. The summed E-state index contributed by atoms with van der Waals surface area (Å²) in [5, 5.41) is 12.6. The van der Waals surface area contributed by atoms with Crippen LogP contribution in [0.5, 0.6) is 11.5 Å². The van der Waals surface area contributed by atoms with Crippen molar-refractivity contribution in [2.75, 3.05) is 12.4 Å². The minimum absolute atomic E-state index is 0.0215. The molecule has 0 bridgehead atoms. The molecule has 0 aromatic heterocycles. The maximum Gasteiger partial charge on any atom is 0.339 e. The van der Waals surface area contributed by atoms with Crippen molar-refractivity contribution in [2.45, 2.75) is 11.3 Å². The van der Waals surface area contributed by atoms with Crippen molar-refractivity contribution in [3.63, 3.8) is 0 Å². The first-order valence-corrected chi connectivity index (χ1v) is 12.1. The van der Waals surface area contributed by atoms with Gasteiger partial charge in [0, 0.05) is 16.3 Å². The van der Waals surface area contributed by atoms with Gasteiger partial charge in [0.1, 0.15) is 16.5 Å². The van der Waals surface area contributed by atoms with E-state index in [1.54, 1.807) is 42.5 Å². The summed E-state index contributed by atoms with van der Waals surface area (Å²) < 4.78 is 36.5. The molecule has 178 valence electrons. The van der Waals surface area contributed by atoms with E-state index in [4.69, 9.17) is 20.5 Å². The predicted molar refractivity (Wildman–Crippen MR) is 135 cm³/mol. The fourth-order valence-corrected chi connectivity index (χ4v) is 4.21. The molecule has 0 atom stereocenters. The first kappa shape index (κ1) is 25.6. The molecular formula is C26H21ClN2O5S. The predicted octanol–water partition coefficient (Wildman–Crippen LogP) is 5.39. The average molecular weight is 509 g/mol. The van der Waals surface area contributed by atoms with Crippen LogP contribution in [0.4, 0.5) is 5.69 Å². The van der Waals surface area contributed by atoms with E-state index in [1.807, 2.05) is 6.07 Å². The minimum Gasteiger partial charge on any atom is -0.493 e. The Morgan fingerprint density at radius 2 is 1.83 bits per heavy atom. The van der Waals surface area contributed by atoms with Gasteiger partial charge >= 0.3 is 10.1 Å². The van der Waals surface area contributed by atoms with Gasteiger partial charge in [-0.05, 0) is 66.6 Å². The second-order valence-corrected chi connectivity index (χ2v) is 9.17. The summed E-state index contributed by atoms with van der Waals surface area (Å²) in [6.45, 7) is 3.71. The van der Waals surface area contributed by atoms with Crippen LogP contribution in [0.25, 0.3) is 6.08 Å². The van der Waals surface area contributed by atoms with Gasteiger partial charge in [-0.2, -0.15) is 13.7 Å². The Hall–Kier alpha value is -4.06. The van der Waals surface area contributed by atoms with Crippen LogP contribution in [-0.4, -0.2) is 21.4 Å². The lowest BCUT2D eigenvalue weighted by atomic mass is 10.0. The number of halogens is 1. The number of carbonyl (C=O) groups is 1. The number of benzene rings is 3. The van der Waals surface area contributed by atoms with Gasteiger partial charge in [-0.1, -0.05) is 35.9 Å². The lowest BCUT2D eigenvalue weighted by Crippen LogP contribution is -2.13. The highest BCUT2D eigenvalue weighted by molar-refractivity contribution is 7.87. The van der Waals surface area contributed by atoms with Crippen LogP contribution in [0, 0.1) is 11.3 Å². The highest BCUT2D eigenvalue weighted by Gasteiger charge is 2.22. The molecule has 0 spiro atoms. The number of methoxy groups -OCH3 is 1. The number of carbonyl (C=O) groups excluding carboxylic acids is 1. The molecule has 0 aliphatic heterocycles. The molecule has 3 aromatic rings. The Kier molecular flexibility index (Phi) is 8.31. The third-order valence-corrected chi connectivity index (χ3v) is 6.23. The molecule has 7 nitrogen and oxygen atoms in total. The second kappa shape index (κ2) is 11.4. The van der Waals surface area contributed by atoms with Crippen molar-refractivity contribution in [2.24, 2.45) is 0 Å². The largest absolute Gasteiger partial charge is 0.493 e. The number of nitrogens with zero attached hydrogens (tertiary/aromatic N) is 1. The van der Waals surface area contributed by atoms with Gasteiger partial charge in [0.15, 0.2) is 11.5 Å². The molecule has 1 amide bonds. The molecule has 3 aromatic carbocycles. The fraction of sp³-hybridized carbons (Fsp3) is 0.0769. The number of hydrogen-bond acceptors (Lipinski definition) is 6. The van der Waals surface area contributed by atoms with Crippen molar-refractivity contribution in [1.82, 2.24) is 0 Å². The van der Waals surface area contributed by atoms with E-state index >= 15 is 0 Å². The summed E-state index contributed by atoms with van der Waals surface area (Å²) in [7, 11) is -2.84. The van der Waals surface area contributed by atoms with Gasteiger partial charge in [0.05, 0.1) is 7.11 Å². The third-order valence-electron chi connectivity index (χ3n) is 4.74. The summed E-state index contributed by atoms with van der Waals surface area (Å²) in [6, 6.07) is 19.2. The summed E-state index contributed by atoms with van der Waals surface area (Å²) in [5.74, 6) is -0.505. The number of para-hydroxylation sites is 1. The number of nitriles is 1. The Labute approximate surface area is 209 Å². The zero-order chi connectivity index (χ0) is 25.4. The highest BCUT2D eigenvalue weighted by atomic mass is 35.5. The third kappa shape index (κ3) is 6.51. The van der Waals surface area contributed by atoms with Gasteiger partial charge in [-0.15, -0.1) is 6.58 Å². The van der Waals surface area contributed by atoms with Crippen molar-refractivity contribution in [3.8, 4) is 17.6 Å². The lowest BCUT2D eigenvalue weighted by Gasteiger charge is -2.16. The number of allylic oxidation sites excluding steroid dienone is 1. The molecule has 0 unspecified atom stereocenters. The Bertz CT molecular complexity index is 1410.